The second-order valence-corrected chi connectivity index (χ2v) is 5.20. The van der Waals surface area contributed by atoms with Crippen molar-refractivity contribution in [2.75, 3.05) is 13.1 Å². The maximum atomic E-state index is 3.28. The van der Waals surface area contributed by atoms with E-state index in [2.05, 4.69) is 39.9 Å². The van der Waals surface area contributed by atoms with Crippen LogP contribution in [0.2, 0.25) is 0 Å². The molecule has 0 amide bonds. The molecular weight excluding hydrogens is 278 g/mol. The van der Waals surface area contributed by atoms with E-state index < -0.39 is 0 Å². The molecule has 23 heavy (non-hydrogen) atoms. The van der Waals surface area contributed by atoms with Crippen LogP contribution in [0.1, 0.15) is 128 Å². The monoisotopic (exact) mass is 333 g/mol. The maximum Gasteiger partial charge on any atom is -0.00516 e. The lowest BCUT2D eigenvalue weighted by Crippen LogP contribution is -2.14. The van der Waals surface area contributed by atoms with E-state index in [1.165, 1.54) is 64.5 Å². The Kier molecular flexibility index (Phi) is 73.9. The van der Waals surface area contributed by atoms with Crippen molar-refractivity contribution in [1.82, 2.24) is 5.32 Å². The first kappa shape index (κ1) is 34.3. The minimum atomic E-state index is 1.04. The average molecular weight is 334 g/mol. The van der Waals surface area contributed by atoms with E-state index in [0.717, 1.165) is 5.92 Å². The molecule has 0 unspecified atom stereocenters. The van der Waals surface area contributed by atoms with Crippen LogP contribution in [0.15, 0.2) is 0 Å². The Balaban J connectivity index is -0.0000000633. The van der Waals surface area contributed by atoms with Crippen molar-refractivity contribution in [3.63, 3.8) is 0 Å². The summed E-state index contributed by atoms with van der Waals surface area (Å²) in [6.45, 7) is 25.3. The maximum absolute atomic E-state index is 3.28. The fourth-order valence-corrected chi connectivity index (χ4v) is 1.79. The molecule has 0 spiro atoms. The highest BCUT2D eigenvalue weighted by atomic mass is 14.8. The summed E-state index contributed by atoms with van der Waals surface area (Å²) >= 11 is 0. The zero-order valence-electron chi connectivity index (χ0n) is 19.1. The molecule has 0 aromatic carbocycles. The van der Waals surface area contributed by atoms with E-state index in [-0.39, 0.29) is 0 Å². The number of hydrogen-bond acceptors (Lipinski definition) is 1. The van der Waals surface area contributed by atoms with Gasteiger partial charge in [-0.05, 0) is 31.8 Å². The van der Waals surface area contributed by atoms with Gasteiger partial charge < -0.3 is 5.32 Å². The van der Waals surface area contributed by atoms with E-state index in [1.54, 1.807) is 0 Å². The third-order valence-corrected chi connectivity index (χ3v) is 2.75. The number of nitrogens with one attached hydrogen (secondary N) is 1. The van der Waals surface area contributed by atoms with Gasteiger partial charge in [0.15, 0.2) is 0 Å². The topological polar surface area (TPSA) is 12.0 Å². The second kappa shape index (κ2) is 49.5. The second-order valence-electron chi connectivity index (χ2n) is 5.20. The Morgan fingerprint density at radius 2 is 0.957 bits per heavy atom. The predicted molar refractivity (Wildman–Crippen MR) is 116 cm³/mol. The van der Waals surface area contributed by atoms with Gasteiger partial charge in [-0.25, -0.2) is 0 Å². The third-order valence-electron chi connectivity index (χ3n) is 2.75. The Hall–Kier alpha value is -0.0400. The lowest BCUT2D eigenvalue weighted by Gasteiger charge is -2.15. The van der Waals surface area contributed by atoms with Crippen LogP contribution in [-0.2, 0) is 0 Å². The molecule has 1 aliphatic rings. The smallest absolute Gasteiger partial charge is 0.00516 e. The minimum Gasteiger partial charge on any atom is -0.317 e. The lowest BCUT2D eigenvalue weighted by molar-refractivity contribution is 0.385. The Labute approximate surface area is 152 Å². The average Bonchev–Trinajstić information content (AvgIpc) is 2.63. The Bertz CT molecular complexity index is 103. The molecule has 1 fully saturated rings. The van der Waals surface area contributed by atoms with Crippen LogP contribution in [-0.4, -0.2) is 13.1 Å². The standard InChI is InChI=1S/C7H14.C6H15N.C3H8.3C2H6/c1-7-5-3-2-4-6-7;1-3-5-7-6-4-2;1-3-2;3*1-2/h7H,2-6H2,1H3;7H,3-6H2,1-2H3;3H2,1-2H3;3*1-2H3. The summed E-state index contributed by atoms with van der Waals surface area (Å²) in [7, 11) is 0. The van der Waals surface area contributed by atoms with Crippen LogP contribution in [0.4, 0.5) is 0 Å². The van der Waals surface area contributed by atoms with Gasteiger partial charge in [0.25, 0.3) is 0 Å². The van der Waals surface area contributed by atoms with Crippen molar-refractivity contribution in [2.45, 2.75) is 128 Å². The van der Waals surface area contributed by atoms with Gasteiger partial charge in [-0.3, -0.25) is 0 Å². The summed E-state index contributed by atoms with van der Waals surface area (Å²) in [5, 5.41) is 3.28. The summed E-state index contributed by atoms with van der Waals surface area (Å²) in [4.78, 5) is 0. The van der Waals surface area contributed by atoms with Crippen molar-refractivity contribution < 1.29 is 0 Å². The predicted octanol–water partition coefficient (Wildman–Crippen LogP) is 8.48. The molecule has 0 bridgehead atoms. The van der Waals surface area contributed by atoms with Gasteiger partial charge in [0.1, 0.15) is 0 Å². The van der Waals surface area contributed by atoms with E-state index >= 15 is 0 Å². The molecule has 1 nitrogen and oxygen atoms in total. The zero-order valence-corrected chi connectivity index (χ0v) is 19.1. The third kappa shape index (κ3) is 61.2. The van der Waals surface area contributed by atoms with Gasteiger partial charge in [-0.1, -0.05) is 115 Å². The molecule has 0 heterocycles. The zero-order chi connectivity index (χ0) is 19.4. The quantitative estimate of drug-likeness (QED) is 0.508. The molecule has 148 valence electrons. The van der Waals surface area contributed by atoms with Crippen molar-refractivity contribution in [3.05, 3.63) is 0 Å². The first-order valence-electron chi connectivity index (χ1n) is 10.9. The molecule has 1 rings (SSSR count). The van der Waals surface area contributed by atoms with E-state index in [1.807, 2.05) is 41.5 Å². The summed E-state index contributed by atoms with van der Waals surface area (Å²) < 4.78 is 0. The van der Waals surface area contributed by atoms with E-state index in [9.17, 15) is 0 Å². The van der Waals surface area contributed by atoms with Crippen LogP contribution in [0, 0.1) is 5.92 Å². The van der Waals surface area contributed by atoms with Crippen molar-refractivity contribution in [1.29, 1.82) is 0 Å². The summed E-state index contributed by atoms with van der Waals surface area (Å²) in [6, 6.07) is 0. The lowest BCUT2D eigenvalue weighted by atomic mass is 9.91. The first-order chi connectivity index (χ1) is 11.2. The number of hydrogen-bond donors (Lipinski definition) is 1. The molecule has 0 atom stereocenters. The van der Waals surface area contributed by atoms with Gasteiger partial charge in [0.2, 0.25) is 0 Å². The van der Waals surface area contributed by atoms with Crippen molar-refractivity contribution >= 4 is 0 Å². The van der Waals surface area contributed by atoms with Gasteiger partial charge in [-0.2, -0.15) is 0 Å². The Morgan fingerprint density at radius 1 is 0.652 bits per heavy atom. The highest BCUT2D eigenvalue weighted by Gasteiger charge is 2.05. The highest BCUT2D eigenvalue weighted by molar-refractivity contribution is 4.59. The molecule has 1 heteroatoms. The molecule has 1 aliphatic carbocycles. The Morgan fingerprint density at radius 3 is 1.13 bits per heavy atom. The summed E-state index contributed by atoms with van der Waals surface area (Å²) in [5.41, 5.74) is 0. The van der Waals surface area contributed by atoms with Crippen LogP contribution < -0.4 is 5.32 Å². The van der Waals surface area contributed by atoms with Crippen LogP contribution >= 0.6 is 0 Å². The van der Waals surface area contributed by atoms with Gasteiger partial charge in [0.05, 0.1) is 0 Å². The molecule has 0 aromatic rings. The summed E-state index contributed by atoms with van der Waals surface area (Å²) in [5.74, 6) is 1.04. The van der Waals surface area contributed by atoms with Crippen molar-refractivity contribution in [2.24, 2.45) is 5.92 Å². The molecule has 0 radical (unpaired) electrons. The van der Waals surface area contributed by atoms with Crippen LogP contribution in [0.3, 0.4) is 0 Å². The SMILES string of the molecule is CC.CC.CC.CC1CCCCC1.CCC.CCCNCCC. The summed E-state index contributed by atoms with van der Waals surface area (Å²) in [6.07, 6.45) is 11.2. The van der Waals surface area contributed by atoms with Gasteiger partial charge in [0, 0.05) is 0 Å². The molecule has 0 aromatic heterocycles. The fourth-order valence-electron chi connectivity index (χ4n) is 1.79. The van der Waals surface area contributed by atoms with Gasteiger partial charge in [-0.15, -0.1) is 0 Å². The largest absolute Gasteiger partial charge is 0.317 e. The molecule has 0 aliphatic heterocycles. The van der Waals surface area contributed by atoms with E-state index in [0.29, 0.717) is 0 Å². The fraction of sp³-hybridized carbons (Fsp3) is 1.00. The van der Waals surface area contributed by atoms with Gasteiger partial charge >= 0.3 is 0 Å². The van der Waals surface area contributed by atoms with E-state index in [4.69, 9.17) is 0 Å². The number of rotatable bonds is 4. The van der Waals surface area contributed by atoms with Crippen LogP contribution in [0.25, 0.3) is 0 Å². The normalized spacial score (nSPS) is 12.1. The molecule has 0 saturated heterocycles. The van der Waals surface area contributed by atoms with Crippen LogP contribution in [0.5, 0.6) is 0 Å². The first-order valence-corrected chi connectivity index (χ1v) is 10.9. The highest BCUT2D eigenvalue weighted by Crippen LogP contribution is 2.22. The molecular formula is C22H55N. The molecule has 1 saturated carbocycles. The van der Waals surface area contributed by atoms with Crippen molar-refractivity contribution in [3.8, 4) is 0 Å². The molecule has 1 N–H and O–H groups in total. The minimum absolute atomic E-state index is 1.04.